The number of pyridine rings is 1. The fraction of sp³-hybridized carbons (Fsp3) is 0.688. The number of aromatic nitrogens is 1. The zero-order valence-electron chi connectivity index (χ0n) is 13.6. The summed E-state index contributed by atoms with van der Waals surface area (Å²) in [5, 5.41) is 0. The molecule has 0 bridgehead atoms. The Kier molecular flexibility index (Phi) is 4.33. The second-order valence-electron chi connectivity index (χ2n) is 7.08. The highest BCUT2D eigenvalue weighted by Crippen LogP contribution is 2.37. The highest BCUT2D eigenvalue weighted by Gasteiger charge is 2.41. The summed E-state index contributed by atoms with van der Waals surface area (Å²) < 4.78 is 38.3. The molecule has 1 aliphatic heterocycles. The van der Waals surface area contributed by atoms with E-state index in [9.17, 15) is 13.2 Å². The van der Waals surface area contributed by atoms with Crippen molar-refractivity contribution in [3.05, 3.63) is 17.3 Å². The van der Waals surface area contributed by atoms with Gasteiger partial charge in [-0.2, -0.15) is 13.2 Å². The van der Waals surface area contributed by atoms with Gasteiger partial charge in [-0.15, -0.1) is 0 Å². The minimum atomic E-state index is -4.09. The third-order valence-electron chi connectivity index (χ3n) is 4.33. The third kappa shape index (κ3) is 3.47. The normalized spacial score (nSPS) is 17.9. The van der Waals surface area contributed by atoms with Gasteiger partial charge in [0.05, 0.1) is 17.3 Å². The molecular weight excluding hydrogens is 291 g/mol. The van der Waals surface area contributed by atoms with E-state index in [1.165, 1.54) is 0 Å². The van der Waals surface area contributed by atoms with Gasteiger partial charge in [0.15, 0.2) is 0 Å². The van der Waals surface area contributed by atoms with Crippen molar-refractivity contribution in [1.29, 1.82) is 0 Å². The summed E-state index contributed by atoms with van der Waals surface area (Å²) >= 11 is 0. The topological polar surface area (TPSA) is 42.2 Å². The summed E-state index contributed by atoms with van der Waals surface area (Å²) in [5.74, 6) is -0.460. The van der Waals surface area contributed by atoms with Crippen LogP contribution in [0.25, 0.3) is 0 Å². The van der Waals surface area contributed by atoms with Crippen LogP contribution in [0.1, 0.15) is 44.9 Å². The van der Waals surface area contributed by atoms with Crippen molar-refractivity contribution < 1.29 is 13.2 Å². The first kappa shape index (κ1) is 16.9. The van der Waals surface area contributed by atoms with E-state index < -0.39 is 12.1 Å². The Morgan fingerprint density at radius 1 is 1.18 bits per heavy atom. The van der Waals surface area contributed by atoms with Gasteiger partial charge in [-0.3, -0.25) is 0 Å². The van der Waals surface area contributed by atoms with E-state index in [1.54, 1.807) is 0 Å². The summed E-state index contributed by atoms with van der Waals surface area (Å²) in [6, 6.07) is 1.93. The predicted molar refractivity (Wildman–Crippen MR) is 83.1 cm³/mol. The number of anilines is 2. The molecule has 0 spiro atoms. The molecule has 1 aromatic rings. The van der Waals surface area contributed by atoms with E-state index in [0.29, 0.717) is 18.8 Å². The van der Waals surface area contributed by atoms with Gasteiger partial charge in [0.1, 0.15) is 5.82 Å². The molecule has 2 heterocycles. The Morgan fingerprint density at radius 2 is 1.73 bits per heavy atom. The minimum absolute atomic E-state index is 0.124. The average molecular weight is 315 g/mol. The summed E-state index contributed by atoms with van der Waals surface area (Å²) in [7, 11) is 0. The molecule has 0 atom stereocenters. The molecule has 2 rings (SSSR count). The summed E-state index contributed by atoms with van der Waals surface area (Å²) in [6.07, 6.45) is -3.84. The van der Waals surface area contributed by atoms with Crippen molar-refractivity contribution >= 4 is 11.5 Å². The van der Waals surface area contributed by atoms with Crippen LogP contribution in [0.4, 0.5) is 24.7 Å². The van der Waals surface area contributed by atoms with Gasteiger partial charge in [0.25, 0.3) is 0 Å². The van der Waals surface area contributed by atoms with E-state index in [1.807, 2.05) is 17.9 Å². The second-order valence-corrected chi connectivity index (χ2v) is 7.08. The first-order chi connectivity index (χ1) is 10.00. The fourth-order valence-corrected chi connectivity index (χ4v) is 2.88. The Bertz CT molecular complexity index is 539. The molecule has 22 heavy (non-hydrogen) atoms. The van der Waals surface area contributed by atoms with E-state index in [0.717, 1.165) is 17.1 Å². The maximum atomic E-state index is 12.8. The number of nitrogens with two attached hydrogens (primary N) is 1. The van der Waals surface area contributed by atoms with E-state index >= 15 is 0 Å². The number of piperidine rings is 1. The molecular formula is C16H24F3N3. The maximum Gasteiger partial charge on any atom is 0.391 e. The zero-order valence-corrected chi connectivity index (χ0v) is 13.6. The molecule has 1 aromatic heterocycles. The van der Waals surface area contributed by atoms with Crippen LogP contribution in [0.3, 0.4) is 0 Å². The van der Waals surface area contributed by atoms with Gasteiger partial charge in [0.2, 0.25) is 0 Å². The number of hydrogen-bond donors (Lipinski definition) is 1. The lowest BCUT2D eigenvalue weighted by atomic mass is 9.85. The van der Waals surface area contributed by atoms with Crippen molar-refractivity contribution in [2.45, 2.75) is 52.1 Å². The van der Waals surface area contributed by atoms with Crippen molar-refractivity contribution in [2.75, 3.05) is 23.7 Å². The minimum Gasteiger partial charge on any atom is -0.397 e. The lowest BCUT2D eigenvalue weighted by Gasteiger charge is -2.34. The summed E-state index contributed by atoms with van der Waals surface area (Å²) in [5.41, 5.74) is 8.39. The highest BCUT2D eigenvalue weighted by molar-refractivity contribution is 5.59. The average Bonchev–Trinajstić information content (AvgIpc) is 2.39. The van der Waals surface area contributed by atoms with Crippen molar-refractivity contribution in [3.63, 3.8) is 0 Å². The largest absolute Gasteiger partial charge is 0.397 e. The molecule has 6 heteroatoms. The second kappa shape index (κ2) is 5.63. The number of rotatable bonds is 1. The van der Waals surface area contributed by atoms with Crippen LogP contribution in [0.5, 0.6) is 0 Å². The van der Waals surface area contributed by atoms with E-state index in [-0.39, 0.29) is 18.3 Å². The number of hydrogen-bond acceptors (Lipinski definition) is 3. The molecule has 1 fully saturated rings. The zero-order chi connectivity index (χ0) is 16.7. The highest BCUT2D eigenvalue weighted by atomic mass is 19.4. The molecule has 0 unspecified atom stereocenters. The van der Waals surface area contributed by atoms with Crippen LogP contribution < -0.4 is 10.6 Å². The summed E-state index contributed by atoms with van der Waals surface area (Å²) in [4.78, 5) is 6.41. The molecule has 1 saturated heterocycles. The van der Waals surface area contributed by atoms with Crippen LogP contribution in [-0.2, 0) is 5.41 Å². The van der Waals surface area contributed by atoms with Crippen LogP contribution >= 0.6 is 0 Å². The van der Waals surface area contributed by atoms with Gasteiger partial charge in [-0.05, 0) is 36.8 Å². The Hall–Kier alpha value is -1.46. The number of nitrogen functional groups attached to an aromatic ring is 1. The van der Waals surface area contributed by atoms with Crippen LogP contribution in [-0.4, -0.2) is 24.2 Å². The van der Waals surface area contributed by atoms with Crippen LogP contribution in [0, 0.1) is 12.8 Å². The fourth-order valence-electron chi connectivity index (χ4n) is 2.88. The molecule has 3 nitrogen and oxygen atoms in total. The van der Waals surface area contributed by atoms with Gasteiger partial charge < -0.3 is 10.6 Å². The standard InChI is InChI=1S/C16H24F3N3/c1-10-14(20)12(15(2,3)4)9-13(21-10)22-7-5-11(6-8-22)16(17,18)19/h9,11H,5-8,20H2,1-4H3. The number of aryl methyl sites for hydroxylation is 1. The summed E-state index contributed by atoms with van der Waals surface area (Å²) in [6.45, 7) is 8.80. The smallest absolute Gasteiger partial charge is 0.391 e. The molecule has 0 aromatic carbocycles. The van der Waals surface area contributed by atoms with Crippen molar-refractivity contribution in [3.8, 4) is 0 Å². The lowest BCUT2D eigenvalue weighted by Crippen LogP contribution is -2.39. The number of halogens is 3. The Morgan fingerprint density at radius 3 is 2.18 bits per heavy atom. The molecule has 124 valence electrons. The first-order valence-electron chi connectivity index (χ1n) is 7.59. The molecule has 0 saturated carbocycles. The van der Waals surface area contributed by atoms with Crippen molar-refractivity contribution in [1.82, 2.24) is 4.98 Å². The Balaban J connectivity index is 2.23. The first-order valence-corrected chi connectivity index (χ1v) is 7.59. The van der Waals surface area contributed by atoms with Crippen molar-refractivity contribution in [2.24, 2.45) is 5.92 Å². The SMILES string of the molecule is Cc1nc(N2CCC(C(F)(F)F)CC2)cc(C(C)(C)C)c1N. The molecule has 0 amide bonds. The maximum absolute atomic E-state index is 12.8. The monoisotopic (exact) mass is 315 g/mol. The third-order valence-corrected chi connectivity index (χ3v) is 4.33. The number of nitrogens with zero attached hydrogens (tertiary/aromatic N) is 2. The molecule has 1 aliphatic rings. The molecule has 0 aliphatic carbocycles. The van der Waals surface area contributed by atoms with E-state index in [4.69, 9.17) is 5.73 Å². The molecule has 2 N–H and O–H groups in total. The van der Waals surface area contributed by atoms with Gasteiger partial charge in [0, 0.05) is 13.1 Å². The Labute approximate surface area is 129 Å². The predicted octanol–water partition coefficient (Wildman–Crippen LogP) is 4.05. The van der Waals surface area contributed by atoms with Crippen LogP contribution in [0.2, 0.25) is 0 Å². The van der Waals surface area contributed by atoms with Gasteiger partial charge in [-0.25, -0.2) is 4.98 Å². The van der Waals surface area contributed by atoms with Gasteiger partial charge >= 0.3 is 6.18 Å². The quantitative estimate of drug-likeness (QED) is 0.850. The molecule has 0 radical (unpaired) electrons. The van der Waals surface area contributed by atoms with E-state index in [2.05, 4.69) is 25.8 Å². The van der Waals surface area contributed by atoms with Gasteiger partial charge in [-0.1, -0.05) is 20.8 Å². The lowest BCUT2D eigenvalue weighted by molar-refractivity contribution is -0.179. The number of alkyl halides is 3. The van der Waals surface area contributed by atoms with Crippen LogP contribution in [0.15, 0.2) is 6.07 Å².